The van der Waals surface area contributed by atoms with Gasteiger partial charge >= 0.3 is 5.97 Å². The van der Waals surface area contributed by atoms with E-state index >= 15 is 0 Å². The zero-order valence-corrected chi connectivity index (χ0v) is 16.4. The summed E-state index contributed by atoms with van der Waals surface area (Å²) >= 11 is 0. The van der Waals surface area contributed by atoms with E-state index in [9.17, 15) is 9.90 Å². The molecule has 1 aromatic heterocycles. The molecule has 0 spiro atoms. The third-order valence-corrected chi connectivity index (χ3v) is 5.15. The molecule has 4 rings (SSSR count). The van der Waals surface area contributed by atoms with Crippen molar-refractivity contribution in [2.45, 2.75) is 20.8 Å². The molecule has 0 bridgehead atoms. The van der Waals surface area contributed by atoms with Gasteiger partial charge in [-0.15, -0.1) is 0 Å². The zero-order valence-electron chi connectivity index (χ0n) is 16.4. The highest BCUT2D eigenvalue weighted by Gasteiger charge is 2.25. The number of phenolic OH excluding ortho intramolecular Hbond substituents is 1. The van der Waals surface area contributed by atoms with Crippen molar-refractivity contribution in [1.29, 1.82) is 0 Å². The van der Waals surface area contributed by atoms with Crippen molar-refractivity contribution in [3.63, 3.8) is 0 Å². The van der Waals surface area contributed by atoms with Gasteiger partial charge in [-0.05, 0) is 50.1 Å². The first-order valence-electron chi connectivity index (χ1n) is 9.20. The van der Waals surface area contributed by atoms with Gasteiger partial charge in [0.25, 0.3) is 0 Å². The van der Waals surface area contributed by atoms with Gasteiger partial charge in [0.05, 0.1) is 16.3 Å². The number of nitrogens with zero attached hydrogens (tertiary/aromatic N) is 1. The standard InChI is InChI=1S/C24H21NO3/c1-14-11-15(2)23(16(3)12-14)28-24(27)22-18-7-5-6-8-20(18)25(4)21-10-9-17(26)13-19(21)22/h5-13H,1-4H3/p+1. The molecule has 0 amide bonds. The number of phenols is 1. The van der Waals surface area contributed by atoms with E-state index in [1.807, 2.05) is 74.9 Å². The first kappa shape index (κ1) is 18.0. The Hall–Kier alpha value is -3.40. The van der Waals surface area contributed by atoms with Crippen molar-refractivity contribution in [2.24, 2.45) is 7.05 Å². The number of benzene rings is 3. The van der Waals surface area contributed by atoms with Crippen molar-refractivity contribution in [2.75, 3.05) is 0 Å². The quantitative estimate of drug-likeness (QED) is 0.241. The van der Waals surface area contributed by atoms with Crippen LogP contribution in [0.15, 0.2) is 54.6 Å². The van der Waals surface area contributed by atoms with E-state index in [1.165, 1.54) is 0 Å². The second kappa shape index (κ2) is 6.64. The van der Waals surface area contributed by atoms with Crippen LogP contribution in [0.2, 0.25) is 0 Å². The summed E-state index contributed by atoms with van der Waals surface area (Å²) in [5.74, 6) is 0.267. The highest BCUT2D eigenvalue weighted by molar-refractivity contribution is 6.13. The molecule has 0 aliphatic carbocycles. The molecule has 28 heavy (non-hydrogen) atoms. The summed E-state index contributed by atoms with van der Waals surface area (Å²) in [6.45, 7) is 5.90. The maximum absolute atomic E-state index is 13.3. The molecule has 0 saturated heterocycles. The number of ether oxygens (including phenoxy) is 1. The molecule has 0 atom stereocenters. The van der Waals surface area contributed by atoms with E-state index in [0.29, 0.717) is 16.7 Å². The van der Waals surface area contributed by atoms with E-state index in [4.69, 9.17) is 4.74 Å². The molecular weight excluding hydrogens is 350 g/mol. The number of rotatable bonds is 2. The number of hydrogen-bond donors (Lipinski definition) is 1. The first-order chi connectivity index (χ1) is 13.4. The third kappa shape index (κ3) is 2.87. The lowest BCUT2D eigenvalue weighted by Gasteiger charge is -2.14. The second-order valence-corrected chi connectivity index (χ2v) is 7.27. The van der Waals surface area contributed by atoms with Crippen LogP contribution in [-0.2, 0) is 7.05 Å². The smallest absolute Gasteiger partial charge is 0.345 e. The highest BCUT2D eigenvalue weighted by Crippen LogP contribution is 2.30. The molecule has 0 saturated carbocycles. The van der Waals surface area contributed by atoms with E-state index in [1.54, 1.807) is 12.1 Å². The van der Waals surface area contributed by atoms with Crippen LogP contribution in [0.5, 0.6) is 11.5 Å². The van der Waals surface area contributed by atoms with E-state index in [2.05, 4.69) is 0 Å². The molecule has 4 heteroatoms. The van der Waals surface area contributed by atoms with E-state index < -0.39 is 5.97 Å². The van der Waals surface area contributed by atoms with Gasteiger partial charge in [0.15, 0.2) is 0 Å². The lowest BCUT2D eigenvalue weighted by molar-refractivity contribution is -0.617. The molecular formula is C24H22NO3+. The Kier molecular flexibility index (Phi) is 4.27. The van der Waals surface area contributed by atoms with Crippen LogP contribution in [0.4, 0.5) is 0 Å². The van der Waals surface area contributed by atoms with Gasteiger partial charge in [-0.25, -0.2) is 4.79 Å². The monoisotopic (exact) mass is 372 g/mol. The molecule has 140 valence electrons. The Morgan fingerprint density at radius 3 is 2.25 bits per heavy atom. The first-order valence-corrected chi connectivity index (χ1v) is 9.20. The molecule has 1 N–H and O–H groups in total. The Morgan fingerprint density at radius 1 is 0.893 bits per heavy atom. The van der Waals surface area contributed by atoms with Crippen LogP contribution in [0.25, 0.3) is 21.8 Å². The number of carbonyl (C=O) groups excluding carboxylic acids is 1. The Labute approximate surface area is 163 Å². The van der Waals surface area contributed by atoms with E-state index in [0.717, 1.165) is 33.1 Å². The lowest BCUT2D eigenvalue weighted by atomic mass is 10.0. The maximum atomic E-state index is 13.3. The second-order valence-electron chi connectivity index (χ2n) is 7.27. The Balaban J connectivity index is 1.98. The van der Waals surface area contributed by atoms with Crippen molar-refractivity contribution in [3.8, 4) is 11.5 Å². The number of hydrogen-bond acceptors (Lipinski definition) is 3. The summed E-state index contributed by atoms with van der Waals surface area (Å²) in [7, 11) is 1.95. The molecule has 4 nitrogen and oxygen atoms in total. The predicted molar refractivity (Wildman–Crippen MR) is 110 cm³/mol. The molecule has 0 aliphatic heterocycles. The number of pyridine rings is 1. The molecule has 0 radical (unpaired) electrons. The summed E-state index contributed by atoms with van der Waals surface area (Å²) in [5.41, 5.74) is 5.19. The van der Waals surface area contributed by atoms with Crippen LogP contribution >= 0.6 is 0 Å². The summed E-state index contributed by atoms with van der Waals surface area (Å²) in [5, 5.41) is 11.5. The van der Waals surface area contributed by atoms with Gasteiger partial charge in [0.1, 0.15) is 18.5 Å². The fraction of sp³-hybridized carbons (Fsp3) is 0.167. The summed E-state index contributed by atoms with van der Waals surface area (Å²) < 4.78 is 7.90. The van der Waals surface area contributed by atoms with Crippen LogP contribution in [0.3, 0.4) is 0 Å². The van der Waals surface area contributed by atoms with Gasteiger partial charge in [0.2, 0.25) is 11.0 Å². The van der Waals surface area contributed by atoms with Gasteiger partial charge in [0, 0.05) is 12.1 Å². The molecule has 4 aromatic rings. The minimum atomic E-state index is -0.428. The average molecular weight is 372 g/mol. The number of para-hydroxylation sites is 1. The van der Waals surface area contributed by atoms with Crippen molar-refractivity contribution < 1.29 is 19.2 Å². The summed E-state index contributed by atoms with van der Waals surface area (Å²) in [6, 6.07) is 16.8. The molecule has 0 fully saturated rings. The van der Waals surface area contributed by atoms with Gasteiger partial charge in [-0.1, -0.05) is 29.8 Å². The third-order valence-electron chi connectivity index (χ3n) is 5.15. The van der Waals surface area contributed by atoms with E-state index in [-0.39, 0.29) is 5.75 Å². The van der Waals surface area contributed by atoms with Crippen molar-refractivity contribution >= 4 is 27.8 Å². The summed E-state index contributed by atoms with van der Waals surface area (Å²) in [4.78, 5) is 13.3. The Bertz CT molecular complexity index is 1230. The van der Waals surface area contributed by atoms with Gasteiger partial charge in [-0.3, -0.25) is 0 Å². The number of aromatic hydroxyl groups is 1. The molecule has 3 aromatic carbocycles. The zero-order chi connectivity index (χ0) is 20.0. The fourth-order valence-corrected chi connectivity index (χ4v) is 3.96. The predicted octanol–water partition coefficient (Wildman–Crippen LogP) is 4.67. The number of aryl methyl sites for hydroxylation is 4. The van der Waals surface area contributed by atoms with Crippen LogP contribution in [0.1, 0.15) is 27.0 Å². The molecule has 0 aliphatic rings. The normalized spacial score (nSPS) is 11.1. The largest absolute Gasteiger partial charge is 0.508 e. The number of esters is 1. The van der Waals surface area contributed by atoms with Crippen LogP contribution < -0.4 is 9.30 Å². The summed E-state index contributed by atoms with van der Waals surface area (Å²) in [6.07, 6.45) is 0. The lowest BCUT2D eigenvalue weighted by Crippen LogP contribution is -2.31. The molecule has 0 unspecified atom stereocenters. The number of fused-ring (bicyclic) bond motifs is 2. The minimum Gasteiger partial charge on any atom is -0.508 e. The van der Waals surface area contributed by atoms with Gasteiger partial charge in [-0.2, -0.15) is 4.57 Å². The topological polar surface area (TPSA) is 50.4 Å². The Morgan fingerprint density at radius 2 is 1.54 bits per heavy atom. The van der Waals surface area contributed by atoms with Crippen LogP contribution in [0, 0.1) is 20.8 Å². The van der Waals surface area contributed by atoms with Crippen LogP contribution in [-0.4, -0.2) is 11.1 Å². The SMILES string of the molecule is Cc1cc(C)c(OC(=O)c2c3ccccc3[n+](C)c3ccc(O)cc23)c(C)c1. The minimum absolute atomic E-state index is 0.111. The molecule has 1 heterocycles. The van der Waals surface area contributed by atoms with Crippen molar-refractivity contribution in [1.82, 2.24) is 0 Å². The highest BCUT2D eigenvalue weighted by atomic mass is 16.5. The number of aromatic nitrogens is 1. The average Bonchev–Trinajstić information content (AvgIpc) is 2.64. The maximum Gasteiger partial charge on any atom is 0.345 e. The number of carbonyl (C=O) groups is 1. The fourth-order valence-electron chi connectivity index (χ4n) is 3.96. The van der Waals surface area contributed by atoms with Crippen molar-refractivity contribution in [3.05, 3.63) is 76.9 Å². The van der Waals surface area contributed by atoms with Gasteiger partial charge < -0.3 is 9.84 Å².